The van der Waals surface area contributed by atoms with Gasteiger partial charge in [-0.15, -0.1) is 11.8 Å². The van der Waals surface area contributed by atoms with Crippen LogP contribution in [0.3, 0.4) is 0 Å². The fourth-order valence-electron chi connectivity index (χ4n) is 1.90. The van der Waals surface area contributed by atoms with E-state index in [4.69, 9.17) is 16.3 Å². The molecule has 0 aliphatic rings. The minimum atomic E-state index is 0.807. The molecule has 0 saturated carbocycles. The van der Waals surface area contributed by atoms with Crippen LogP contribution in [0.2, 0.25) is 5.02 Å². The van der Waals surface area contributed by atoms with Gasteiger partial charge in [0.15, 0.2) is 0 Å². The number of methoxy groups -OCH3 is 1. The number of benzene rings is 1. The first-order valence-corrected chi connectivity index (χ1v) is 6.27. The zero-order chi connectivity index (χ0) is 12.8. The second kappa shape index (κ2) is 6.57. The van der Waals surface area contributed by atoms with Crippen molar-refractivity contribution in [1.82, 2.24) is 0 Å². The normalized spacial score (nSPS) is 9.71. The zero-order valence-corrected chi connectivity index (χ0v) is 11.7. The Labute approximate surface area is 109 Å². The van der Waals surface area contributed by atoms with Crippen LogP contribution >= 0.6 is 11.6 Å². The van der Waals surface area contributed by atoms with Gasteiger partial charge in [-0.3, -0.25) is 0 Å². The lowest BCUT2D eigenvalue weighted by Gasteiger charge is -2.14. The molecule has 1 aromatic rings. The van der Waals surface area contributed by atoms with Crippen molar-refractivity contribution in [3.8, 4) is 17.6 Å². The van der Waals surface area contributed by atoms with Gasteiger partial charge >= 0.3 is 0 Å². The Morgan fingerprint density at radius 1 is 1.29 bits per heavy atom. The highest BCUT2D eigenvalue weighted by Crippen LogP contribution is 2.32. The Hall–Kier alpha value is -1.13. The summed E-state index contributed by atoms with van der Waals surface area (Å²) in [6.07, 6.45) is 2.65. The largest absolute Gasteiger partial charge is 0.496 e. The van der Waals surface area contributed by atoms with E-state index in [-0.39, 0.29) is 0 Å². The number of aryl methyl sites for hydroxylation is 1. The Kier molecular flexibility index (Phi) is 5.38. The molecule has 0 unspecified atom stereocenters. The monoisotopic (exact) mass is 250 g/mol. The molecule has 0 spiro atoms. The molecule has 0 aromatic heterocycles. The summed E-state index contributed by atoms with van der Waals surface area (Å²) < 4.78 is 5.46. The molecule has 0 heterocycles. The molecular formula is C15H19ClO. The lowest BCUT2D eigenvalue weighted by atomic mass is 9.99. The maximum atomic E-state index is 6.20. The van der Waals surface area contributed by atoms with Crippen LogP contribution in [-0.4, -0.2) is 7.11 Å². The van der Waals surface area contributed by atoms with Crippen molar-refractivity contribution in [1.29, 1.82) is 0 Å². The maximum absolute atomic E-state index is 6.20. The van der Waals surface area contributed by atoms with Crippen molar-refractivity contribution in [2.45, 2.75) is 40.0 Å². The molecule has 17 heavy (non-hydrogen) atoms. The van der Waals surface area contributed by atoms with Crippen LogP contribution in [0.1, 0.15) is 36.5 Å². The lowest BCUT2D eigenvalue weighted by Crippen LogP contribution is -1.99. The first-order valence-electron chi connectivity index (χ1n) is 5.90. The van der Waals surface area contributed by atoms with Gasteiger partial charge in [0.1, 0.15) is 5.75 Å². The summed E-state index contributed by atoms with van der Waals surface area (Å²) in [5.41, 5.74) is 3.37. The molecule has 0 aliphatic carbocycles. The smallest absolute Gasteiger partial charge is 0.125 e. The van der Waals surface area contributed by atoms with E-state index in [1.165, 1.54) is 5.56 Å². The van der Waals surface area contributed by atoms with Crippen LogP contribution in [0, 0.1) is 25.7 Å². The predicted molar refractivity (Wildman–Crippen MR) is 73.9 cm³/mol. The molecule has 0 radical (unpaired) electrons. The fraction of sp³-hybridized carbons (Fsp3) is 0.467. The van der Waals surface area contributed by atoms with E-state index in [2.05, 4.69) is 18.8 Å². The third kappa shape index (κ3) is 3.41. The molecule has 0 saturated heterocycles. The van der Waals surface area contributed by atoms with Gasteiger partial charge in [0.25, 0.3) is 0 Å². The Morgan fingerprint density at radius 2 is 2.00 bits per heavy atom. The van der Waals surface area contributed by atoms with Crippen LogP contribution < -0.4 is 4.74 Å². The third-order valence-corrected chi connectivity index (χ3v) is 3.18. The third-order valence-electron chi connectivity index (χ3n) is 2.79. The van der Waals surface area contributed by atoms with Crippen LogP contribution in [0.4, 0.5) is 0 Å². The van der Waals surface area contributed by atoms with Gasteiger partial charge < -0.3 is 4.74 Å². The van der Waals surface area contributed by atoms with Crippen LogP contribution in [-0.2, 0) is 6.42 Å². The molecule has 0 fully saturated rings. The second-order valence-electron chi connectivity index (χ2n) is 4.02. The number of ether oxygens (including phenoxy) is 1. The Balaban J connectivity index is 3.03. The van der Waals surface area contributed by atoms with Gasteiger partial charge in [0.2, 0.25) is 0 Å². The lowest BCUT2D eigenvalue weighted by molar-refractivity contribution is 0.406. The van der Waals surface area contributed by atoms with E-state index in [0.717, 1.165) is 41.2 Å². The highest BCUT2D eigenvalue weighted by atomic mass is 35.5. The van der Waals surface area contributed by atoms with Crippen molar-refractivity contribution in [2.24, 2.45) is 0 Å². The van der Waals surface area contributed by atoms with Gasteiger partial charge in [-0.2, -0.15) is 0 Å². The number of hydrogen-bond acceptors (Lipinski definition) is 1. The quantitative estimate of drug-likeness (QED) is 0.727. The molecule has 0 amide bonds. The summed E-state index contributed by atoms with van der Waals surface area (Å²) in [6.45, 7) is 6.11. The average Bonchev–Trinajstić information content (AvgIpc) is 2.30. The van der Waals surface area contributed by atoms with Crippen molar-refractivity contribution in [3.05, 3.63) is 27.8 Å². The number of hydrogen-bond donors (Lipinski definition) is 0. The topological polar surface area (TPSA) is 9.23 Å². The van der Waals surface area contributed by atoms with Gasteiger partial charge in [0.05, 0.1) is 7.11 Å². The highest BCUT2D eigenvalue weighted by molar-refractivity contribution is 6.31. The Bertz CT molecular complexity index is 452. The zero-order valence-electron chi connectivity index (χ0n) is 11.0. The molecule has 0 atom stereocenters. The molecule has 92 valence electrons. The summed E-state index contributed by atoms with van der Waals surface area (Å²) in [4.78, 5) is 0. The molecule has 1 aromatic carbocycles. The highest BCUT2D eigenvalue weighted by Gasteiger charge is 2.12. The minimum Gasteiger partial charge on any atom is -0.496 e. The standard InChI is InChI=1S/C15H19ClO/c1-5-6-7-8-9-13-12(3)14(16)10-11(2)15(13)17-4/h10H,5,8-9H2,1-4H3. The molecule has 0 aliphatic heterocycles. The van der Waals surface area contributed by atoms with Crippen molar-refractivity contribution in [2.75, 3.05) is 7.11 Å². The van der Waals surface area contributed by atoms with E-state index >= 15 is 0 Å². The molecule has 0 bridgehead atoms. The predicted octanol–water partition coefficient (Wildman–Crippen LogP) is 4.31. The molecule has 0 N–H and O–H groups in total. The summed E-state index contributed by atoms with van der Waals surface area (Å²) in [7, 11) is 1.71. The summed E-state index contributed by atoms with van der Waals surface area (Å²) >= 11 is 6.20. The van der Waals surface area contributed by atoms with Crippen LogP contribution in [0.25, 0.3) is 0 Å². The first kappa shape index (κ1) is 13.9. The molecular weight excluding hydrogens is 232 g/mol. The summed E-state index contributed by atoms with van der Waals surface area (Å²) in [5.74, 6) is 7.18. The molecule has 1 nitrogen and oxygen atoms in total. The first-order chi connectivity index (χ1) is 8.11. The minimum absolute atomic E-state index is 0.807. The van der Waals surface area contributed by atoms with E-state index in [9.17, 15) is 0 Å². The van der Waals surface area contributed by atoms with Crippen LogP contribution in [0.15, 0.2) is 6.07 Å². The fourth-order valence-corrected chi connectivity index (χ4v) is 2.18. The SMILES string of the molecule is CCC#CCCc1c(C)c(Cl)cc(C)c1OC. The van der Waals surface area contributed by atoms with Crippen molar-refractivity contribution < 1.29 is 4.74 Å². The van der Waals surface area contributed by atoms with E-state index in [1.807, 2.05) is 19.9 Å². The van der Waals surface area contributed by atoms with Gasteiger partial charge in [0, 0.05) is 17.9 Å². The Morgan fingerprint density at radius 3 is 2.59 bits per heavy atom. The number of rotatable bonds is 3. The average molecular weight is 251 g/mol. The van der Waals surface area contributed by atoms with Crippen molar-refractivity contribution >= 4 is 11.6 Å². The van der Waals surface area contributed by atoms with Gasteiger partial charge in [-0.25, -0.2) is 0 Å². The maximum Gasteiger partial charge on any atom is 0.125 e. The number of halogens is 1. The second-order valence-corrected chi connectivity index (χ2v) is 4.43. The van der Waals surface area contributed by atoms with Crippen molar-refractivity contribution in [3.63, 3.8) is 0 Å². The summed E-state index contributed by atoms with van der Waals surface area (Å²) in [5, 5.41) is 0.807. The van der Waals surface area contributed by atoms with Gasteiger partial charge in [-0.1, -0.05) is 18.5 Å². The van der Waals surface area contributed by atoms with Gasteiger partial charge in [-0.05, 0) is 43.0 Å². The molecule has 1 rings (SSSR count). The van der Waals surface area contributed by atoms with E-state index < -0.39 is 0 Å². The van der Waals surface area contributed by atoms with E-state index in [1.54, 1.807) is 7.11 Å². The van der Waals surface area contributed by atoms with Crippen LogP contribution in [0.5, 0.6) is 5.75 Å². The van der Waals surface area contributed by atoms with E-state index in [0.29, 0.717) is 0 Å². The summed E-state index contributed by atoms with van der Waals surface area (Å²) in [6, 6.07) is 1.96. The molecule has 2 heteroatoms.